The first-order chi connectivity index (χ1) is 11.5. The number of hydrogen-bond donors (Lipinski definition) is 0. The number of hydrogen-bond acceptors (Lipinski definition) is 4. The van der Waals surface area contributed by atoms with Crippen molar-refractivity contribution in [2.45, 2.75) is 19.6 Å². The summed E-state index contributed by atoms with van der Waals surface area (Å²) < 4.78 is 18.1. The molecule has 1 fully saturated rings. The smallest absolute Gasteiger partial charge is 0.227 e. The van der Waals surface area contributed by atoms with Crippen molar-refractivity contribution in [3.05, 3.63) is 53.6 Å². The normalized spacial score (nSPS) is 20.1. The molecule has 1 saturated heterocycles. The van der Waals surface area contributed by atoms with E-state index < -0.39 is 5.79 Å². The fourth-order valence-electron chi connectivity index (χ4n) is 3.35. The van der Waals surface area contributed by atoms with Gasteiger partial charge in [0.1, 0.15) is 5.69 Å². The Kier molecular flexibility index (Phi) is 3.28. The molecule has 2 aliphatic rings. The van der Waals surface area contributed by atoms with E-state index in [0.29, 0.717) is 19.0 Å². The molecule has 0 bridgehead atoms. The zero-order chi connectivity index (χ0) is 16.9. The van der Waals surface area contributed by atoms with Gasteiger partial charge in [0.25, 0.3) is 0 Å². The predicted octanol–water partition coefficient (Wildman–Crippen LogP) is 3.65. The zero-order valence-electron chi connectivity index (χ0n) is 14.5. The van der Waals surface area contributed by atoms with Crippen LogP contribution in [0.1, 0.15) is 25.0 Å². The minimum atomic E-state index is -0.924. The van der Waals surface area contributed by atoms with Crippen LogP contribution >= 0.6 is 0 Å². The Labute approximate surface area is 142 Å². The molecule has 1 spiro atoms. The van der Waals surface area contributed by atoms with Crippen LogP contribution in [0.15, 0.2) is 30.3 Å². The topological polar surface area (TPSA) is 30.9 Å². The second kappa shape index (κ2) is 5.14. The molecule has 0 amide bonds. The molecule has 0 saturated carbocycles. The van der Waals surface area contributed by atoms with Gasteiger partial charge in [-0.15, -0.1) is 0 Å². The van der Waals surface area contributed by atoms with Crippen molar-refractivity contribution < 1.29 is 14.2 Å². The maximum absolute atomic E-state index is 6.38. The fourth-order valence-corrected chi connectivity index (χ4v) is 3.35. The van der Waals surface area contributed by atoms with E-state index in [2.05, 4.69) is 43.0 Å². The Morgan fingerprint density at radius 3 is 2.50 bits per heavy atom. The van der Waals surface area contributed by atoms with E-state index in [-0.39, 0.29) is 5.41 Å². The van der Waals surface area contributed by atoms with E-state index in [9.17, 15) is 0 Å². The summed E-state index contributed by atoms with van der Waals surface area (Å²) >= 11 is 0. The van der Waals surface area contributed by atoms with Crippen LogP contribution in [0.25, 0.3) is 0 Å². The van der Waals surface area contributed by atoms with Gasteiger partial charge in [-0.2, -0.15) is 0 Å². The molecule has 0 aliphatic carbocycles. The molecule has 2 aliphatic heterocycles. The average Bonchev–Trinajstić information content (AvgIpc) is 2.61. The maximum Gasteiger partial charge on any atom is 0.227 e. The molecule has 24 heavy (non-hydrogen) atoms. The Morgan fingerprint density at radius 1 is 1.08 bits per heavy atom. The van der Waals surface area contributed by atoms with E-state index in [1.165, 1.54) is 0 Å². The van der Waals surface area contributed by atoms with E-state index in [1.54, 1.807) is 7.11 Å². The first kappa shape index (κ1) is 15.3. The quantitative estimate of drug-likeness (QED) is 0.801. The number of methoxy groups -OCH3 is 1. The summed E-state index contributed by atoms with van der Waals surface area (Å²) in [5.74, 6) is -0.301. The lowest BCUT2D eigenvalue weighted by Crippen LogP contribution is -2.48. The molecule has 2 heterocycles. The standard InChI is InChI=1S/C20H21NO3/c1-19(2)12-23-20(24-13-19)15-7-5-6-8-17(15)21(3)18-10-9-14(22-4)11-16(18)20/h5-8,11H,12-13H2,1-4H3. The number of rotatable bonds is 1. The van der Waals surface area contributed by atoms with E-state index in [0.717, 1.165) is 22.5 Å². The van der Waals surface area contributed by atoms with Crippen LogP contribution in [-0.2, 0) is 15.3 Å². The highest BCUT2D eigenvalue weighted by Crippen LogP contribution is 2.52. The lowest BCUT2D eigenvalue weighted by Gasteiger charge is -2.48. The summed E-state index contributed by atoms with van der Waals surface area (Å²) in [6.07, 6.45) is 0. The average molecular weight is 323 g/mol. The van der Waals surface area contributed by atoms with Gasteiger partial charge in [0, 0.05) is 24.1 Å². The molecule has 0 radical (unpaired) electrons. The van der Waals surface area contributed by atoms with E-state index >= 15 is 0 Å². The van der Waals surface area contributed by atoms with Crippen LogP contribution in [0.4, 0.5) is 11.4 Å². The van der Waals surface area contributed by atoms with Crippen LogP contribution in [0, 0.1) is 17.5 Å². The summed E-state index contributed by atoms with van der Waals surface area (Å²) in [6, 6.07) is 16.4. The molecule has 2 aromatic rings. The Balaban J connectivity index is 1.94. The SMILES string of the molecule is COc1c#cc2c(c1)C1(OCC(C)(C)CO1)c1ccccc1N2C. The number of benzene rings is 1. The Morgan fingerprint density at radius 2 is 1.79 bits per heavy atom. The fraction of sp³-hybridized carbons (Fsp3) is 0.400. The van der Waals surface area contributed by atoms with Crippen molar-refractivity contribution in [3.8, 4) is 5.75 Å². The summed E-state index contributed by atoms with van der Waals surface area (Å²) in [7, 11) is 3.65. The van der Waals surface area contributed by atoms with Crippen molar-refractivity contribution >= 4 is 11.4 Å². The highest BCUT2D eigenvalue weighted by Gasteiger charge is 2.49. The lowest BCUT2D eigenvalue weighted by atomic mass is 9.86. The number of fused-ring (bicyclic) bond motifs is 4. The van der Waals surface area contributed by atoms with E-state index in [4.69, 9.17) is 14.2 Å². The van der Waals surface area contributed by atoms with Gasteiger partial charge in [-0.05, 0) is 18.2 Å². The second-order valence-corrected chi connectivity index (χ2v) is 7.16. The third-order valence-electron chi connectivity index (χ3n) is 4.70. The maximum atomic E-state index is 6.38. The largest absolute Gasteiger partial charge is 0.489 e. The Hall–Kier alpha value is -2.22. The first-order valence-corrected chi connectivity index (χ1v) is 8.10. The monoisotopic (exact) mass is 323 g/mol. The molecule has 4 nitrogen and oxygen atoms in total. The van der Waals surface area contributed by atoms with Gasteiger partial charge < -0.3 is 19.1 Å². The van der Waals surface area contributed by atoms with Crippen molar-refractivity contribution in [3.63, 3.8) is 0 Å². The van der Waals surface area contributed by atoms with Gasteiger partial charge >= 0.3 is 0 Å². The summed E-state index contributed by atoms with van der Waals surface area (Å²) in [4.78, 5) is 2.10. The molecule has 4 rings (SSSR count). The van der Waals surface area contributed by atoms with Crippen LogP contribution in [0.2, 0.25) is 0 Å². The van der Waals surface area contributed by atoms with Crippen molar-refractivity contribution in [2.75, 3.05) is 32.3 Å². The number of ether oxygens (including phenoxy) is 3. The second-order valence-electron chi connectivity index (χ2n) is 7.16. The van der Waals surface area contributed by atoms with Gasteiger partial charge in [0.2, 0.25) is 5.79 Å². The highest BCUT2D eigenvalue weighted by molar-refractivity contribution is 5.75. The molecule has 0 N–H and O–H groups in total. The third-order valence-corrected chi connectivity index (χ3v) is 4.70. The minimum absolute atomic E-state index is 0.0155. The third kappa shape index (κ3) is 2.09. The molecular formula is C20H21NO3. The molecule has 0 atom stereocenters. The van der Waals surface area contributed by atoms with Gasteiger partial charge in [-0.1, -0.05) is 32.0 Å². The molecule has 0 unspecified atom stereocenters. The predicted molar refractivity (Wildman–Crippen MR) is 91.6 cm³/mol. The van der Waals surface area contributed by atoms with Crippen molar-refractivity contribution in [1.29, 1.82) is 0 Å². The summed E-state index contributed by atoms with van der Waals surface area (Å²) in [6.45, 7) is 5.52. The highest BCUT2D eigenvalue weighted by atomic mass is 16.7. The zero-order valence-corrected chi connectivity index (χ0v) is 14.5. The van der Waals surface area contributed by atoms with Gasteiger partial charge in [-0.3, -0.25) is 0 Å². The van der Waals surface area contributed by atoms with E-state index in [1.807, 2.05) is 25.2 Å². The first-order valence-electron chi connectivity index (χ1n) is 8.10. The molecule has 124 valence electrons. The van der Waals surface area contributed by atoms with Gasteiger partial charge in [0.15, 0.2) is 5.75 Å². The molecule has 2 aromatic carbocycles. The number of anilines is 2. The Bertz CT molecular complexity index is 774. The summed E-state index contributed by atoms with van der Waals surface area (Å²) in [5.41, 5.74) is 3.86. The van der Waals surface area contributed by atoms with Crippen molar-refractivity contribution in [1.82, 2.24) is 0 Å². The van der Waals surface area contributed by atoms with Crippen LogP contribution in [-0.4, -0.2) is 27.4 Å². The minimum Gasteiger partial charge on any atom is -0.489 e. The number of nitrogens with zero attached hydrogens (tertiary/aromatic N) is 1. The number of para-hydroxylation sites is 1. The van der Waals surface area contributed by atoms with Crippen LogP contribution in [0.5, 0.6) is 5.75 Å². The molecular weight excluding hydrogens is 302 g/mol. The van der Waals surface area contributed by atoms with Gasteiger partial charge in [0.05, 0.1) is 31.6 Å². The van der Waals surface area contributed by atoms with Crippen LogP contribution < -0.4 is 9.64 Å². The van der Waals surface area contributed by atoms with Gasteiger partial charge in [-0.25, -0.2) is 0 Å². The molecule has 4 heteroatoms. The lowest BCUT2D eigenvalue weighted by molar-refractivity contribution is -0.284. The summed E-state index contributed by atoms with van der Waals surface area (Å²) in [5, 5.41) is 0. The van der Waals surface area contributed by atoms with Crippen molar-refractivity contribution in [2.24, 2.45) is 5.41 Å². The molecule has 0 aromatic heterocycles. The van der Waals surface area contributed by atoms with Crippen LogP contribution in [0.3, 0.4) is 0 Å².